The smallest absolute Gasteiger partial charge is 0.308 e. The molecule has 0 bridgehead atoms. The number of aliphatic carboxylic acids is 1. The summed E-state index contributed by atoms with van der Waals surface area (Å²) in [5, 5.41) is 11.9. The van der Waals surface area contributed by atoms with E-state index < -0.39 is 24.9 Å². The van der Waals surface area contributed by atoms with Crippen molar-refractivity contribution in [3.8, 4) is 0 Å². The molecule has 1 amide bonds. The zero-order valence-corrected chi connectivity index (χ0v) is 11.3. The number of carboxylic acids is 1. The Bertz CT molecular complexity index is 325. The molecule has 1 aliphatic carbocycles. The first-order valence-corrected chi connectivity index (χ1v) is 6.88. The van der Waals surface area contributed by atoms with Gasteiger partial charge >= 0.3 is 5.97 Å². The summed E-state index contributed by atoms with van der Waals surface area (Å²) in [7, 11) is 0. The van der Waals surface area contributed by atoms with Gasteiger partial charge in [0.15, 0.2) is 0 Å². The van der Waals surface area contributed by atoms with Crippen molar-refractivity contribution in [2.75, 3.05) is 13.2 Å². The molecule has 20 heavy (non-hydrogen) atoms. The Hall–Kier alpha value is -1.24. The monoisotopic (exact) mass is 293 g/mol. The van der Waals surface area contributed by atoms with Crippen LogP contribution in [0.5, 0.6) is 0 Å². The molecule has 0 radical (unpaired) electrons. The van der Waals surface area contributed by atoms with Crippen molar-refractivity contribution < 1.29 is 28.2 Å². The van der Waals surface area contributed by atoms with Crippen LogP contribution < -0.4 is 5.32 Å². The predicted molar refractivity (Wildman–Crippen MR) is 67.6 cm³/mol. The molecule has 1 fully saturated rings. The summed E-state index contributed by atoms with van der Waals surface area (Å²) < 4.78 is 28.3. The van der Waals surface area contributed by atoms with Crippen LogP contribution in [0.25, 0.3) is 0 Å². The first kappa shape index (κ1) is 16.8. The van der Waals surface area contributed by atoms with Crippen LogP contribution in [0.2, 0.25) is 0 Å². The van der Waals surface area contributed by atoms with Crippen LogP contribution in [-0.2, 0) is 14.3 Å². The summed E-state index contributed by atoms with van der Waals surface area (Å²) in [6.07, 6.45) is 1.32. The van der Waals surface area contributed by atoms with Crippen molar-refractivity contribution in [1.29, 1.82) is 0 Å². The zero-order valence-electron chi connectivity index (χ0n) is 11.3. The summed E-state index contributed by atoms with van der Waals surface area (Å²) in [6, 6.07) is -0.377. The Labute approximate surface area is 116 Å². The van der Waals surface area contributed by atoms with Gasteiger partial charge in [-0.1, -0.05) is 19.3 Å². The third-order valence-corrected chi connectivity index (χ3v) is 3.40. The van der Waals surface area contributed by atoms with Gasteiger partial charge in [-0.3, -0.25) is 9.59 Å². The van der Waals surface area contributed by atoms with Crippen LogP contribution in [0, 0.1) is 5.92 Å². The average molecular weight is 293 g/mol. The van der Waals surface area contributed by atoms with Crippen LogP contribution in [0.15, 0.2) is 0 Å². The fraction of sp³-hybridized carbons (Fsp3) is 0.846. The van der Waals surface area contributed by atoms with Gasteiger partial charge < -0.3 is 15.2 Å². The lowest BCUT2D eigenvalue weighted by Gasteiger charge is -2.22. The lowest BCUT2D eigenvalue weighted by molar-refractivity contribution is -0.143. The second-order valence-corrected chi connectivity index (χ2v) is 4.97. The molecule has 0 aromatic heterocycles. The molecule has 0 heterocycles. The summed E-state index contributed by atoms with van der Waals surface area (Å²) >= 11 is 0. The van der Waals surface area contributed by atoms with Crippen molar-refractivity contribution in [2.45, 2.75) is 51.0 Å². The fourth-order valence-corrected chi connectivity index (χ4v) is 2.39. The van der Waals surface area contributed by atoms with E-state index in [9.17, 15) is 18.4 Å². The summed E-state index contributed by atoms with van der Waals surface area (Å²) in [5.74, 6) is -1.81. The number of carbonyl (C=O) groups excluding carboxylic acids is 1. The quantitative estimate of drug-likeness (QED) is 0.554. The van der Waals surface area contributed by atoms with Crippen LogP contribution >= 0.6 is 0 Å². The molecule has 0 aromatic rings. The summed E-state index contributed by atoms with van der Waals surface area (Å²) in [6.45, 7) is -0.769. The predicted octanol–water partition coefficient (Wildman–Crippen LogP) is 1.81. The molecule has 0 aromatic carbocycles. The van der Waals surface area contributed by atoms with Gasteiger partial charge in [0.05, 0.1) is 12.5 Å². The second-order valence-electron chi connectivity index (χ2n) is 4.97. The lowest BCUT2D eigenvalue weighted by atomic mass is 9.95. The van der Waals surface area contributed by atoms with Crippen LogP contribution in [0.1, 0.15) is 38.5 Å². The Morgan fingerprint density at radius 3 is 2.60 bits per heavy atom. The van der Waals surface area contributed by atoms with E-state index in [0.29, 0.717) is 12.8 Å². The molecular weight excluding hydrogens is 272 g/mol. The molecule has 1 rings (SSSR count). The Morgan fingerprint density at radius 2 is 1.95 bits per heavy atom. The van der Waals surface area contributed by atoms with Crippen molar-refractivity contribution in [3.05, 3.63) is 0 Å². The summed E-state index contributed by atoms with van der Waals surface area (Å²) in [4.78, 5) is 22.8. The third kappa shape index (κ3) is 6.27. The highest BCUT2D eigenvalue weighted by Crippen LogP contribution is 2.23. The number of ether oxygens (including phenoxy) is 1. The number of hydrogen-bond donors (Lipinski definition) is 2. The largest absolute Gasteiger partial charge is 0.481 e. The standard InChI is InChI=1S/C13H21F2NO4/c14-11(15)8-20-7-6-12(17)16-10-5-3-1-2-4-9(10)13(18)19/h9-11H,1-8H2,(H,16,17)(H,18,19). The maximum Gasteiger partial charge on any atom is 0.308 e. The van der Waals surface area contributed by atoms with E-state index in [1.165, 1.54) is 0 Å². The van der Waals surface area contributed by atoms with Gasteiger partial charge in [0.25, 0.3) is 6.43 Å². The number of amides is 1. The van der Waals surface area contributed by atoms with E-state index in [-0.39, 0.29) is 25.0 Å². The van der Waals surface area contributed by atoms with E-state index in [0.717, 1.165) is 19.3 Å². The van der Waals surface area contributed by atoms with E-state index in [1.54, 1.807) is 0 Å². The van der Waals surface area contributed by atoms with Crippen LogP contribution in [-0.4, -0.2) is 42.7 Å². The van der Waals surface area contributed by atoms with Gasteiger partial charge in [-0.25, -0.2) is 8.78 Å². The lowest BCUT2D eigenvalue weighted by Crippen LogP contribution is -2.43. The van der Waals surface area contributed by atoms with E-state index in [4.69, 9.17) is 5.11 Å². The minimum Gasteiger partial charge on any atom is -0.481 e. The SMILES string of the molecule is O=C(CCOCC(F)F)NC1CCCCCC1C(=O)O. The number of rotatable bonds is 7. The molecule has 2 unspecified atom stereocenters. The molecule has 5 nitrogen and oxygen atoms in total. The number of halogens is 2. The molecule has 116 valence electrons. The normalized spacial score (nSPS) is 23.4. The molecule has 7 heteroatoms. The molecule has 2 atom stereocenters. The maximum atomic E-state index is 11.8. The minimum atomic E-state index is -2.55. The highest BCUT2D eigenvalue weighted by atomic mass is 19.3. The molecular formula is C13H21F2NO4. The second kappa shape index (κ2) is 8.84. The molecule has 1 saturated carbocycles. The van der Waals surface area contributed by atoms with E-state index >= 15 is 0 Å². The molecule has 0 saturated heterocycles. The number of nitrogens with one attached hydrogen (secondary N) is 1. The minimum absolute atomic E-state index is 0.0322. The number of alkyl halides is 2. The van der Waals surface area contributed by atoms with Crippen LogP contribution in [0.4, 0.5) is 8.78 Å². The van der Waals surface area contributed by atoms with Gasteiger partial charge in [-0.05, 0) is 12.8 Å². The van der Waals surface area contributed by atoms with Crippen molar-refractivity contribution in [2.24, 2.45) is 5.92 Å². The first-order valence-electron chi connectivity index (χ1n) is 6.88. The highest BCUT2D eigenvalue weighted by molar-refractivity contribution is 5.78. The molecule has 1 aliphatic rings. The average Bonchev–Trinajstić information content (AvgIpc) is 2.60. The van der Waals surface area contributed by atoms with Gasteiger partial charge in [0.1, 0.15) is 6.61 Å². The Kier molecular flexibility index (Phi) is 7.43. The van der Waals surface area contributed by atoms with Crippen LogP contribution in [0.3, 0.4) is 0 Å². The van der Waals surface area contributed by atoms with Gasteiger partial charge in [-0.15, -0.1) is 0 Å². The van der Waals surface area contributed by atoms with Crippen molar-refractivity contribution in [1.82, 2.24) is 5.32 Å². The van der Waals surface area contributed by atoms with Gasteiger partial charge in [0.2, 0.25) is 5.91 Å². The van der Waals surface area contributed by atoms with E-state index in [2.05, 4.69) is 10.1 Å². The topological polar surface area (TPSA) is 75.6 Å². The molecule has 0 spiro atoms. The first-order chi connectivity index (χ1) is 9.50. The van der Waals surface area contributed by atoms with Crippen molar-refractivity contribution >= 4 is 11.9 Å². The van der Waals surface area contributed by atoms with E-state index in [1.807, 2.05) is 0 Å². The number of hydrogen-bond acceptors (Lipinski definition) is 3. The zero-order chi connectivity index (χ0) is 15.0. The third-order valence-electron chi connectivity index (χ3n) is 3.40. The fourth-order valence-electron chi connectivity index (χ4n) is 2.39. The summed E-state index contributed by atoms with van der Waals surface area (Å²) in [5.41, 5.74) is 0. The molecule has 2 N–H and O–H groups in total. The number of carboxylic acid groups (broad SMARTS) is 1. The molecule has 0 aliphatic heterocycles. The van der Waals surface area contributed by atoms with Gasteiger partial charge in [-0.2, -0.15) is 0 Å². The Morgan fingerprint density at radius 1 is 1.25 bits per heavy atom. The van der Waals surface area contributed by atoms with Crippen molar-refractivity contribution in [3.63, 3.8) is 0 Å². The Balaban J connectivity index is 2.35. The maximum absolute atomic E-state index is 11.8. The number of carbonyl (C=O) groups is 2. The van der Waals surface area contributed by atoms with Gasteiger partial charge in [0, 0.05) is 12.5 Å². The highest BCUT2D eigenvalue weighted by Gasteiger charge is 2.30.